The van der Waals surface area contributed by atoms with Gasteiger partial charge in [-0.1, -0.05) is 17.7 Å². The van der Waals surface area contributed by atoms with E-state index < -0.39 is 0 Å². The molecule has 1 aliphatic rings. The number of esters is 1. The lowest BCUT2D eigenvalue weighted by molar-refractivity contribution is -0.145. The van der Waals surface area contributed by atoms with Crippen molar-refractivity contribution in [2.24, 2.45) is 5.73 Å². The Morgan fingerprint density at radius 3 is 2.73 bits per heavy atom. The summed E-state index contributed by atoms with van der Waals surface area (Å²) in [5, 5.41) is 10.5. The molecule has 0 fully saturated rings. The largest absolute Gasteiger partial charge is 0.490 e. The number of halogens is 2. The zero-order valence-electron chi connectivity index (χ0n) is 16.4. The summed E-state index contributed by atoms with van der Waals surface area (Å²) in [5.74, 6) is -0.0401. The van der Waals surface area contributed by atoms with Crippen molar-refractivity contribution in [1.29, 1.82) is 5.41 Å². The maximum atomic E-state index is 12.6. The number of benzene rings is 2. The number of aryl methyl sites for hydroxylation is 1. The number of carbonyl (C=O) groups is 2. The number of amidine groups is 1. The Labute approximate surface area is 185 Å². The Morgan fingerprint density at radius 1 is 1.30 bits per heavy atom. The summed E-state index contributed by atoms with van der Waals surface area (Å²) in [6.45, 7) is 2.13. The standard InChI is InChI=1S/C21H22ClN3O4.ClH/c1-2-28-19(26)11-15-6-3-12-9-14(5-8-18(12)29-15)25-21(27)16-7-4-13(20(23)24)10-17(16)22;/h4-5,7-10,15H,2-3,6,11H2,1H3,(H3,23,24)(H,25,27);1H. The van der Waals surface area contributed by atoms with E-state index in [0.29, 0.717) is 35.6 Å². The van der Waals surface area contributed by atoms with Crippen molar-refractivity contribution >= 4 is 47.4 Å². The molecule has 3 rings (SSSR count). The molecule has 4 N–H and O–H groups in total. The van der Waals surface area contributed by atoms with Gasteiger partial charge in [0.15, 0.2) is 0 Å². The topological polar surface area (TPSA) is 114 Å². The predicted molar refractivity (Wildman–Crippen MR) is 118 cm³/mol. The highest BCUT2D eigenvalue weighted by Crippen LogP contribution is 2.31. The van der Waals surface area contributed by atoms with Gasteiger partial charge >= 0.3 is 5.97 Å². The molecule has 0 spiro atoms. The summed E-state index contributed by atoms with van der Waals surface area (Å²) in [6, 6.07) is 9.97. The van der Waals surface area contributed by atoms with Gasteiger partial charge in [-0.15, -0.1) is 12.4 Å². The average molecular weight is 452 g/mol. The second kappa shape index (κ2) is 10.3. The van der Waals surface area contributed by atoms with E-state index in [9.17, 15) is 9.59 Å². The highest BCUT2D eigenvalue weighted by Gasteiger charge is 2.23. The molecule has 7 nitrogen and oxygen atoms in total. The van der Waals surface area contributed by atoms with Crippen LogP contribution in [-0.2, 0) is 16.0 Å². The van der Waals surface area contributed by atoms with Crippen molar-refractivity contribution < 1.29 is 19.1 Å². The van der Waals surface area contributed by atoms with E-state index in [1.165, 1.54) is 12.1 Å². The third-order valence-electron chi connectivity index (χ3n) is 4.57. The van der Waals surface area contributed by atoms with Crippen LogP contribution in [0.3, 0.4) is 0 Å². The van der Waals surface area contributed by atoms with Gasteiger partial charge in [0.1, 0.15) is 17.7 Å². The number of ether oxygens (including phenoxy) is 2. The molecule has 0 saturated heterocycles. The lowest BCUT2D eigenvalue weighted by Gasteiger charge is -2.26. The molecule has 0 radical (unpaired) electrons. The number of hydrogen-bond acceptors (Lipinski definition) is 5. The van der Waals surface area contributed by atoms with Gasteiger partial charge in [0.25, 0.3) is 5.91 Å². The molecule has 0 bridgehead atoms. The Bertz CT molecular complexity index is 965. The fourth-order valence-corrected chi connectivity index (χ4v) is 3.40. The Balaban J connectivity index is 0.00000320. The molecule has 9 heteroatoms. The minimum Gasteiger partial charge on any atom is -0.490 e. The van der Waals surface area contributed by atoms with E-state index in [0.717, 1.165) is 12.0 Å². The van der Waals surface area contributed by atoms with E-state index >= 15 is 0 Å². The van der Waals surface area contributed by atoms with Crippen molar-refractivity contribution in [3.05, 3.63) is 58.1 Å². The van der Waals surface area contributed by atoms with Crippen LogP contribution < -0.4 is 15.8 Å². The summed E-state index contributed by atoms with van der Waals surface area (Å²) < 4.78 is 10.9. The van der Waals surface area contributed by atoms with Crippen LogP contribution in [0.1, 0.15) is 41.3 Å². The van der Waals surface area contributed by atoms with Crippen LogP contribution in [0.5, 0.6) is 5.75 Å². The van der Waals surface area contributed by atoms with Gasteiger partial charge in [-0.05, 0) is 55.7 Å². The second-order valence-electron chi connectivity index (χ2n) is 6.67. The maximum Gasteiger partial charge on any atom is 0.309 e. The molecular weight excluding hydrogens is 429 g/mol. The monoisotopic (exact) mass is 451 g/mol. The molecular formula is C21H23Cl2N3O4. The molecule has 0 aliphatic carbocycles. The molecule has 2 aromatic rings. The molecule has 160 valence electrons. The van der Waals surface area contributed by atoms with Gasteiger partial charge in [-0.25, -0.2) is 0 Å². The smallest absolute Gasteiger partial charge is 0.309 e. The third-order valence-corrected chi connectivity index (χ3v) is 4.88. The van der Waals surface area contributed by atoms with Gasteiger partial charge < -0.3 is 20.5 Å². The predicted octanol–water partition coefficient (Wildman–Crippen LogP) is 3.94. The van der Waals surface area contributed by atoms with Crippen LogP contribution in [0.4, 0.5) is 5.69 Å². The highest BCUT2D eigenvalue weighted by atomic mass is 35.5. The fourth-order valence-electron chi connectivity index (χ4n) is 3.14. The van der Waals surface area contributed by atoms with Crippen LogP contribution in [0, 0.1) is 5.41 Å². The number of amides is 1. The highest BCUT2D eigenvalue weighted by molar-refractivity contribution is 6.34. The van der Waals surface area contributed by atoms with E-state index in [1.54, 1.807) is 25.1 Å². The summed E-state index contributed by atoms with van der Waals surface area (Å²) in [4.78, 5) is 24.2. The first-order valence-corrected chi connectivity index (χ1v) is 9.65. The van der Waals surface area contributed by atoms with E-state index in [-0.39, 0.29) is 47.7 Å². The first-order chi connectivity index (χ1) is 13.9. The quantitative estimate of drug-likeness (QED) is 0.349. The first kappa shape index (κ1) is 23.5. The van der Waals surface area contributed by atoms with Crippen molar-refractivity contribution in [1.82, 2.24) is 0 Å². The Morgan fingerprint density at radius 2 is 2.07 bits per heavy atom. The number of anilines is 1. The molecule has 0 aromatic heterocycles. The fraction of sp³-hybridized carbons (Fsp3) is 0.286. The van der Waals surface area contributed by atoms with Crippen molar-refractivity contribution in [3.8, 4) is 5.75 Å². The van der Waals surface area contributed by atoms with Crippen LogP contribution >= 0.6 is 24.0 Å². The number of nitrogen functional groups attached to an aromatic ring is 1. The van der Waals surface area contributed by atoms with E-state index in [1.807, 2.05) is 6.07 Å². The minimum absolute atomic E-state index is 0. The molecule has 0 saturated carbocycles. The molecule has 1 aliphatic heterocycles. The third kappa shape index (κ3) is 5.64. The summed E-state index contributed by atoms with van der Waals surface area (Å²) in [6.07, 6.45) is 1.44. The van der Waals surface area contributed by atoms with Crippen molar-refractivity contribution in [2.75, 3.05) is 11.9 Å². The van der Waals surface area contributed by atoms with Gasteiger partial charge in [0, 0.05) is 11.3 Å². The minimum atomic E-state index is -0.359. The van der Waals surface area contributed by atoms with E-state index in [2.05, 4.69) is 5.32 Å². The zero-order valence-corrected chi connectivity index (χ0v) is 17.9. The van der Waals surface area contributed by atoms with Gasteiger partial charge in [-0.3, -0.25) is 15.0 Å². The number of carbonyl (C=O) groups excluding carboxylic acids is 2. The lowest BCUT2D eigenvalue weighted by Crippen LogP contribution is -2.26. The summed E-state index contributed by atoms with van der Waals surface area (Å²) in [5.41, 5.74) is 7.76. The Kier molecular flexibility index (Phi) is 8.08. The SMILES string of the molecule is CCOC(=O)CC1CCc2cc(NC(=O)c3ccc(C(=N)N)cc3Cl)ccc2O1.Cl. The lowest BCUT2D eigenvalue weighted by atomic mass is 10.00. The molecule has 30 heavy (non-hydrogen) atoms. The molecule has 1 heterocycles. The average Bonchev–Trinajstić information content (AvgIpc) is 2.68. The number of hydrogen-bond donors (Lipinski definition) is 3. The number of nitrogens with one attached hydrogen (secondary N) is 2. The van der Waals surface area contributed by atoms with Gasteiger partial charge in [-0.2, -0.15) is 0 Å². The summed E-state index contributed by atoms with van der Waals surface area (Å²) >= 11 is 6.16. The number of rotatable bonds is 6. The summed E-state index contributed by atoms with van der Waals surface area (Å²) in [7, 11) is 0. The van der Waals surface area contributed by atoms with Crippen LogP contribution in [-0.4, -0.2) is 30.4 Å². The maximum absolute atomic E-state index is 12.6. The molecule has 1 amide bonds. The van der Waals surface area contributed by atoms with Crippen LogP contribution in [0.25, 0.3) is 0 Å². The Hall–Kier alpha value is -2.77. The van der Waals surface area contributed by atoms with Crippen molar-refractivity contribution in [3.63, 3.8) is 0 Å². The van der Waals surface area contributed by atoms with Crippen LogP contribution in [0.15, 0.2) is 36.4 Å². The van der Waals surface area contributed by atoms with Gasteiger partial charge in [0.2, 0.25) is 0 Å². The normalized spacial score (nSPS) is 14.5. The second-order valence-corrected chi connectivity index (χ2v) is 7.08. The molecule has 2 aromatic carbocycles. The first-order valence-electron chi connectivity index (χ1n) is 9.28. The van der Waals surface area contributed by atoms with Crippen LogP contribution in [0.2, 0.25) is 5.02 Å². The molecule has 1 atom stereocenters. The number of nitrogens with two attached hydrogens (primary N) is 1. The van der Waals surface area contributed by atoms with Crippen molar-refractivity contribution in [2.45, 2.75) is 32.3 Å². The van der Waals surface area contributed by atoms with Gasteiger partial charge in [0.05, 0.1) is 23.6 Å². The molecule has 1 unspecified atom stereocenters. The van der Waals surface area contributed by atoms with E-state index in [4.69, 9.17) is 32.2 Å². The number of fused-ring (bicyclic) bond motifs is 1. The zero-order chi connectivity index (χ0) is 21.0.